The summed E-state index contributed by atoms with van der Waals surface area (Å²) in [5, 5.41) is 7.32. The number of benzene rings is 2. The Labute approximate surface area is 206 Å². The Morgan fingerprint density at radius 2 is 2.00 bits per heavy atom. The molecule has 2 N–H and O–H groups in total. The number of halogens is 1. The van der Waals surface area contributed by atoms with Gasteiger partial charge in [0, 0.05) is 29.7 Å². The van der Waals surface area contributed by atoms with Crippen molar-refractivity contribution in [2.75, 3.05) is 24.2 Å². The second-order valence-electron chi connectivity index (χ2n) is 9.44. The number of nitrogens with zero attached hydrogens (tertiary/aromatic N) is 1. The van der Waals surface area contributed by atoms with Gasteiger partial charge in [-0.1, -0.05) is 30.7 Å². The Balaban J connectivity index is 1.51. The van der Waals surface area contributed by atoms with Gasteiger partial charge in [-0.3, -0.25) is 9.10 Å². The van der Waals surface area contributed by atoms with Gasteiger partial charge in [0.05, 0.1) is 24.7 Å². The maximum absolute atomic E-state index is 13.3. The van der Waals surface area contributed by atoms with Crippen molar-refractivity contribution in [3.63, 3.8) is 0 Å². The van der Waals surface area contributed by atoms with Crippen LogP contribution < -0.4 is 14.9 Å². The normalized spacial score (nSPS) is 24.1. The standard InChI is InChI=1S/C25H32ClN3O4S/c1-16-9-24(16)33-15-18-10-19(14-21(12-18)29(2)34(3,31)32)25(30)28-22-7-8-27-23(22)13-17-5-4-6-20(26)11-17/h4-6,10-12,14,16,22-24,27H,7-9,13,15H2,1-3H3,(H,28,30)/t16?,22?,23-,24?/m0/s1. The maximum atomic E-state index is 13.3. The Morgan fingerprint density at radius 3 is 2.68 bits per heavy atom. The van der Waals surface area contributed by atoms with E-state index in [0.717, 1.165) is 43.2 Å². The fraction of sp³-hybridized carbons (Fsp3) is 0.480. The molecule has 2 aliphatic rings. The van der Waals surface area contributed by atoms with E-state index < -0.39 is 10.0 Å². The first-order chi connectivity index (χ1) is 16.1. The molecule has 1 aliphatic carbocycles. The van der Waals surface area contributed by atoms with E-state index in [0.29, 0.717) is 28.8 Å². The molecule has 34 heavy (non-hydrogen) atoms. The number of sulfonamides is 1. The number of ether oxygens (including phenoxy) is 1. The smallest absolute Gasteiger partial charge is 0.251 e. The molecule has 1 amide bonds. The van der Waals surface area contributed by atoms with Crippen LogP contribution in [-0.4, -0.2) is 52.4 Å². The fourth-order valence-electron chi connectivity index (χ4n) is 4.31. The lowest BCUT2D eigenvalue weighted by Crippen LogP contribution is -2.44. The van der Waals surface area contributed by atoms with Crippen LogP contribution in [0.5, 0.6) is 0 Å². The molecular weight excluding hydrogens is 474 g/mol. The summed E-state index contributed by atoms with van der Waals surface area (Å²) in [6, 6.07) is 13.0. The minimum Gasteiger partial charge on any atom is -0.373 e. The second-order valence-corrected chi connectivity index (χ2v) is 11.9. The topological polar surface area (TPSA) is 87.7 Å². The SMILES string of the molecule is CC1CC1OCc1cc(C(=O)NC2CCN[C@H]2Cc2cccc(Cl)c2)cc(N(C)S(C)(=O)=O)c1. The summed E-state index contributed by atoms with van der Waals surface area (Å²) in [5.74, 6) is 0.311. The highest BCUT2D eigenvalue weighted by Gasteiger charge is 2.33. The van der Waals surface area contributed by atoms with Gasteiger partial charge < -0.3 is 15.4 Å². The lowest BCUT2D eigenvalue weighted by Gasteiger charge is -2.22. The van der Waals surface area contributed by atoms with Crippen LogP contribution in [0.1, 0.15) is 41.3 Å². The van der Waals surface area contributed by atoms with Crippen LogP contribution in [0, 0.1) is 5.92 Å². The quantitative estimate of drug-likeness (QED) is 0.545. The van der Waals surface area contributed by atoms with E-state index >= 15 is 0 Å². The Kier molecular flexibility index (Phi) is 7.52. The van der Waals surface area contributed by atoms with E-state index in [1.807, 2.05) is 24.3 Å². The Morgan fingerprint density at radius 1 is 1.24 bits per heavy atom. The third kappa shape index (κ3) is 6.30. The molecule has 9 heteroatoms. The first-order valence-corrected chi connectivity index (χ1v) is 13.8. The van der Waals surface area contributed by atoms with Crippen LogP contribution in [0.3, 0.4) is 0 Å². The summed E-state index contributed by atoms with van der Waals surface area (Å²) in [6.45, 7) is 3.28. The lowest BCUT2D eigenvalue weighted by molar-refractivity contribution is 0.0929. The molecule has 0 aromatic heterocycles. The van der Waals surface area contributed by atoms with Gasteiger partial charge in [0.25, 0.3) is 5.91 Å². The Hall–Kier alpha value is -2.13. The number of anilines is 1. The molecule has 1 heterocycles. The molecule has 3 unspecified atom stereocenters. The van der Waals surface area contributed by atoms with Crippen molar-refractivity contribution in [1.82, 2.24) is 10.6 Å². The van der Waals surface area contributed by atoms with Crippen LogP contribution in [0.15, 0.2) is 42.5 Å². The van der Waals surface area contributed by atoms with Gasteiger partial charge in [0.2, 0.25) is 10.0 Å². The lowest BCUT2D eigenvalue weighted by atomic mass is 10.00. The highest BCUT2D eigenvalue weighted by atomic mass is 35.5. The predicted octanol–water partition coefficient (Wildman–Crippen LogP) is 3.36. The van der Waals surface area contributed by atoms with Crippen LogP contribution >= 0.6 is 11.6 Å². The van der Waals surface area contributed by atoms with Crippen molar-refractivity contribution >= 4 is 33.2 Å². The van der Waals surface area contributed by atoms with Crippen molar-refractivity contribution in [3.05, 3.63) is 64.2 Å². The number of rotatable bonds is 9. The average Bonchev–Trinajstić information content (AvgIpc) is 3.33. The first-order valence-electron chi connectivity index (χ1n) is 11.6. The van der Waals surface area contributed by atoms with Crippen molar-refractivity contribution in [1.29, 1.82) is 0 Å². The maximum Gasteiger partial charge on any atom is 0.251 e. The van der Waals surface area contributed by atoms with Gasteiger partial charge in [-0.05, 0) is 73.2 Å². The third-order valence-electron chi connectivity index (χ3n) is 6.61. The summed E-state index contributed by atoms with van der Waals surface area (Å²) >= 11 is 6.13. The van der Waals surface area contributed by atoms with E-state index in [2.05, 4.69) is 17.6 Å². The molecular formula is C25H32ClN3O4S. The molecule has 7 nitrogen and oxygen atoms in total. The van der Waals surface area contributed by atoms with Crippen LogP contribution in [0.25, 0.3) is 0 Å². The minimum atomic E-state index is -3.47. The zero-order chi connectivity index (χ0) is 24.5. The molecule has 0 radical (unpaired) electrons. The van der Waals surface area contributed by atoms with Gasteiger partial charge in [-0.25, -0.2) is 8.42 Å². The summed E-state index contributed by atoms with van der Waals surface area (Å²) in [5.41, 5.74) is 2.75. The second kappa shape index (κ2) is 10.2. The molecule has 2 aromatic rings. The molecule has 1 saturated heterocycles. The van der Waals surface area contributed by atoms with Gasteiger partial charge in [0.1, 0.15) is 0 Å². The third-order valence-corrected chi connectivity index (χ3v) is 8.05. The van der Waals surface area contributed by atoms with Crippen molar-refractivity contribution in [3.8, 4) is 0 Å². The first kappa shape index (κ1) is 25.0. The van der Waals surface area contributed by atoms with E-state index in [1.54, 1.807) is 18.2 Å². The molecule has 4 atom stereocenters. The number of hydrogen-bond acceptors (Lipinski definition) is 5. The van der Waals surface area contributed by atoms with E-state index in [4.69, 9.17) is 16.3 Å². The van der Waals surface area contributed by atoms with Crippen LogP contribution in [-0.2, 0) is 27.8 Å². The zero-order valence-corrected chi connectivity index (χ0v) is 21.3. The molecule has 1 aliphatic heterocycles. The number of carbonyl (C=O) groups is 1. The highest BCUT2D eigenvalue weighted by molar-refractivity contribution is 7.92. The van der Waals surface area contributed by atoms with Gasteiger partial charge in [-0.2, -0.15) is 0 Å². The van der Waals surface area contributed by atoms with Gasteiger partial charge in [0.15, 0.2) is 0 Å². The van der Waals surface area contributed by atoms with Crippen molar-refractivity contribution in [2.24, 2.45) is 5.92 Å². The number of carbonyl (C=O) groups excluding carboxylic acids is 1. The van der Waals surface area contributed by atoms with Crippen molar-refractivity contribution in [2.45, 2.75) is 51.0 Å². The summed E-state index contributed by atoms with van der Waals surface area (Å²) in [7, 11) is -1.98. The molecule has 4 rings (SSSR count). The van der Waals surface area contributed by atoms with Gasteiger partial charge >= 0.3 is 0 Å². The fourth-order valence-corrected chi connectivity index (χ4v) is 5.01. The van der Waals surface area contributed by atoms with Crippen LogP contribution in [0.4, 0.5) is 5.69 Å². The summed E-state index contributed by atoms with van der Waals surface area (Å²) in [4.78, 5) is 13.3. The highest BCUT2D eigenvalue weighted by Crippen LogP contribution is 2.34. The monoisotopic (exact) mass is 505 g/mol. The van der Waals surface area contributed by atoms with E-state index in [9.17, 15) is 13.2 Å². The van der Waals surface area contributed by atoms with Gasteiger partial charge in [-0.15, -0.1) is 0 Å². The number of amides is 1. The number of hydrogen-bond donors (Lipinski definition) is 2. The molecule has 0 bridgehead atoms. The zero-order valence-electron chi connectivity index (χ0n) is 19.8. The van der Waals surface area contributed by atoms with E-state index in [1.165, 1.54) is 11.4 Å². The number of nitrogens with one attached hydrogen (secondary N) is 2. The van der Waals surface area contributed by atoms with Crippen molar-refractivity contribution < 1.29 is 17.9 Å². The van der Waals surface area contributed by atoms with Crippen LogP contribution in [0.2, 0.25) is 5.02 Å². The Bertz CT molecular complexity index is 1160. The van der Waals surface area contributed by atoms with E-state index in [-0.39, 0.29) is 24.1 Å². The minimum absolute atomic E-state index is 0.0465. The largest absolute Gasteiger partial charge is 0.373 e. The molecule has 1 saturated carbocycles. The predicted molar refractivity (Wildman–Crippen MR) is 135 cm³/mol. The molecule has 2 fully saturated rings. The average molecular weight is 506 g/mol. The summed E-state index contributed by atoms with van der Waals surface area (Å²) < 4.78 is 31.4. The molecule has 184 valence electrons. The molecule has 0 spiro atoms. The molecule has 2 aromatic carbocycles. The summed E-state index contributed by atoms with van der Waals surface area (Å²) in [6.07, 6.45) is 3.97.